The number of sulfonamides is 1. The third-order valence-electron chi connectivity index (χ3n) is 2.83. The van der Waals surface area contributed by atoms with Crippen LogP contribution < -0.4 is 15.2 Å². The molecule has 108 valence electrons. The van der Waals surface area contributed by atoms with Crippen molar-refractivity contribution in [2.24, 2.45) is 5.73 Å². The van der Waals surface area contributed by atoms with Crippen molar-refractivity contribution in [1.29, 1.82) is 0 Å². The second-order valence-electron chi connectivity index (χ2n) is 4.13. The van der Waals surface area contributed by atoms with Crippen LogP contribution in [0.25, 0.3) is 0 Å². The molecule has 0 unspecified atom stereocenters. The van der Waals surface area contributed by atoms with Crippen molar-refractivity contribution in [2.45, 2.75) is 18.0 Å². The first-order valence-corrected chi connectivity index (χ1v) is 7.43. The van der Waals surface area contributed by atoms with Gasteiger partial charge in [-0.1, -0.05) is 0 Å². The molecule has 0 atom stereocenters. The van der Waals surface area contributed by atoms with Gasteiger partial charge in [-0.25, -0.2) is 13.1 Å². The lowest BCUT2D eigenvalue weighted by molar-refractivity contribution is 0.409. The highest BCUT2D eigenvalue weighted by atomic mass is 32.2. The first-order chi connectivity index (χ1) is 9.56. The normalized spacial score (nSPS) is 11.5. The van der Waals surface area contributed by atoms with Crippen LogP contribution in [-0.2, 0) is 23.1 Å². The summed E-state index contributed by atoms with van der Waals surface area (Å²) in [6.45, 7) is 0.372. The molecule has 0 bridgehead atoms. The third kappa shape index (κ3) is 3.19. The Bertz CT molecular complexity index is 666. The number of hydrogen-bond acceptors (Lipinski definition) is 5. The number of nitrogens with two attached hydrogens (primary N) is 1. The highest BCUT2D eigenvalue weighted by Gasteiger charge is 2.16. The molecular weight excluding hydrogens is 280 g/mol. The molecule has 20 heavy (non-hydrogen) atoms. The standard InChI is InChI=1S/C13H16N2O4S/c1-18-13-3-2-12(6-11(13)7-14)20(16,17)15-8-10-4-5-19-9-10/h2-6,9,15H,7-8,14H2,1H3. The molecule has 1 aromatic carbocycles. The number of nitrogens with one attached hydrogen (secondary N) is 1. The van der Waals surface area contributed by atoms with Gasteiger partial charge in [-0.3, -0.25) is 0 Å². The third-order valence-corrected chi connectivity index (χ3v) is 4.23. The largest absolute Gasteiger partial charge is 0.496 e. The van der Waals surface area contributed by atoms with E-state index in [-0.39, 0.29) is 18.0 Å². The molecule has 0 aliphatic rings. The Morgan fingerprint density at radius 2 is 2.15 bits per heavy atom. The molecule has 1 aromatic heterocycles. The summed E-state index contributed by atoms with van der Waals surface area (Å²) in [7, 11) is -2.08. The first-order valence-electron chi connectivity index (χ1n) is 5.94. The second-order valence-corrected chi connectivity index (χ2v) is 5.90. The van der Waals surface area contributed by atoms with E-state index in [1.54, 1.807) is 12.1 Å². The van der Waals surface area contributed by atoms with Crippen molar-refractivity contribution in [3.05, 3.63) is 47.9 Å². The number of hydrogen-bond donors (Lipinski definition) is 2. The molecule has 2 rings (SSSR count). The highest BCUT2D eigenvalue weighted by Crippen LogP contribution is 2.22. The molecule has 6 nitrogen and oxygen atoms in total. The minimum absolute atomic E-state index is 0.155. The van der Waals surface area contributed by atoms with E-state index < -0.39 is 10.0 Å². The van der Waals surface area contributed by atoms with Gasteiger partial charge in [-0.2, -0.15) is 0 Å². The predicted octanol–water partition coefficient (Wildman–Crippen LogP) is 1.23. The smallest absolute Gasteiger partial charge is 0.240 e. The Labute approximate surface area is 117 Å². The molecule has 0 spiro atoms. The highest BCUT2D eigenvalue weighted by molar-refractivity contribution is 7.89. The number of methoxy groups -OCH3 is 1. The summed E-state index contributed by atoms with van der Waals surface area (Å²) >= 11 is 0. The summed E-state index contributed by atoms with van der Waals surface area (Å²) in [4.78, 5) is 0.155. The Morgan fingerprint density at radius 3 is 2.75 bits per heavy atom. The van der Waals surface area contributed by atoms with E-state index in [0.717, 1.165) is 5.56 Å². The molecule has 0 fully saturated rings. The number of benzene rings is 1. The van der Waals surface area contributed by atoms with Crippen molar-refractivity contribution in [2.75, 3.05) is 7.11 Å². The molecular formula is C13H16N2O4S. The average molecular weight is 296 g/mol. The first kappa shape index (κ1) is 14.6. The SMILES string of the molecule is COc1ccc(S(=O)(=O)NCc2ccoc2)cc1CN. The van der Waals surface area contributed by atoms with E-state index in [0.29, 0.717) is 11.3 Å². The molecule has 0 radical (unpaired) electrons. The summed E-state index contributed by atoms with van der Waals surface area (Å²) in [5.74, 6) is 0.571. The van der Waals surface area contributed by atoms with Crippen LogP contribution in [0.2, 0.25) is 0 Å². The van der Waals surface area contributed by atoms with Crippen LogP contribution in [0.3, 0.4) is 0 Å². The van der Waals surface area contributed by atoms with E-state index >= 15 is 0 Å². The van der Waals surface area contributed by atoms with E-state index in [2.05, 4.69) is 4.72 Å². The maximum Gasteiger partial charge on any atom is 0.240 e. The molecule has 0 aliphatic carbocycles. The molecule has 1 heterocycles. The molecule has 7 heteroatoms. The van der Waals surface area contributed by atoms with Gasteiger partial charge in [0, 0.05) is 24.2 Å². The Morgan fingerprint density at radius 1 is 1.35 bits per heavy atom. The van der Waals surface area contributed by atoms with Gasteiger partial charge < -0.3 is 14.9 Å². The Hall–Kier alpha value is -1.83. The van der Waals surface area contributed by atoms with Crippen molar-refractivity contribution < 1.29 is 17.6 Å². The van der Waals surface area contributed by atoms with Gasteiger partial charge in [0.25, 0.3) is 0 Å². The van der Waals surface area contributed by atoms with Gasteiger partial charge in [-0.15, -0.1) is 0 Å². The lowest BCUT2D eigenvalue weighted by Gasteiger charge is -2.10. The van der Waals surface area contributed by atoms with Crippen LogP contribution in [0.1, 0.15) is 11.1 Å². The van der Waals surface area contributed by atoms with Gasteiger partial charge >= 0.3 is 0 Å². The Kier molecular flexibility index (Phi) is 4.43. The van der Waals surface area contributed by atoms with E-state index in [9.17, 15) is 8.42 Å². The quantitative estimate of drug-likeness (QED) is 0.836. The topological polar surface area (TPSA) is 94.6 Å². The fraction of sp³-hybridized carbons (Fsp3) is 0.231. The van der Waals surface area contributed by atoms with Gasteiger partial charge in [0.2, 0.25) is 10.0 Å². The number of rotatable bonds is 6. The van der Waals surface area contributed by atoms with Crippen molar-refractivity contribution in [3.8, 4) is 5.75 Å². The lowest BCUT2D eigenvalue weighted by Crippen LogP contribution is -2.23. The Balaban J connectivity index is 2.20. The molecule has 0 saturated heterocycles. The molecule has 0 saturated carbocycles. The summed E-state index contributed by atoms with van der Waals surface area (Å²) < 4.78 is 36.8. The fourth-order valence-electron chi connectivity index (χ4n) is 1.74. The van der Waals surface area contributed by atoms with Crippen molar-refractivity contribution in [3.63, 3.8) is 0 Å². The monoisotopic (exact) mass is 296 g/mol. The average Bonchev–Trinajstić information content (AvgIpc) is 2.97. The zero-order valence-electron chi connectivity index (χ0n) is 11.0. The minimum Gasteiger partial charge on any atom is -0.496 e. The van der Waals surface area contributed by atoms with Crippen LogP contribution >= 0.6 is 0 Å². The van der Waals surface area contributed by atoms with Crippen LogP contribution in [0.5, 0.6) is 5.75 Å². The van der Waals surface area contributed by atoms with Crippen LogP contribution in [0.4, 0.5) is 0 Å². The van der Waals surface area contributed by atoms with E-state index in [4.69, 9.17) is 14.9 Å². The van der Waals surface area contributed by atoms with Crippen molar-refractivity contribution in [1.82, 2.24) is 4.72 Å². The summed E-state index contributed by atoms with van der Waals surface area (Å²) in [5, 5.41) is 0. The number of ether oxygens (including phenoxy) is 1. The van der Waals surface area contributed by atoms with Crippen LogP contribution in [0.15, 0.2) is 46.1 Å². The summed E-state index contributed by atoms with van der Waals surface area (Å²) in [5.41, 5.74) is 6.97. The molecule has 0 aliphatic heterocycles. The summed E-state index contributed by atoms with van der Waals surface area (Å²) in [6, 6.07) is 6.28. The predicted molar refractivity (Wildman–Crippen MR) is 73.6 cm³/mol. The van der Waals surface area contributed by atoms with Crippen LogP contribution in [-0.4, -0.2) is 15.5 Å². The molecule has 0 amide bonds. The molecule has 3 N–H and O–H groups in total. The van der Waals surface area contributed by atoms with Gasteiger partial charge in [0.1, 0.15) is 5.75 Å². The van der Waals surface area contributed by atoms with Gasteiger partial charge in [0.15, 0.2) is 0 Å². The van der Waals surface area contributed by atoms with E-state index in [1.165, 1.54) is 31.8 Å². The zero-order valence-corrected chi connectivity index (χ0v) is 11.8. The second kappa shape index (κ2) is 6.08. The fourth-order valence-corrected chi connectivity index (χ4v) is 2.80. The van der Waals surface area contributed by atoms with E-state index in [1.807, 2.05) is 0 Å². The lowest BCUT2D eigenvalue weighted by atomic mass is 10.2. The van der Waals surface area contributed by atoms with Gasteiger partial charge in [0.05, 0.1) is 24.5 Å². The maximum absolute atomic E-state index is 12.2. The van der Waals surface area contributed by atoms with Crippen molar-refractivity contribution >= 4 is 10.0 Å². The summed E-state index contributed by atoms with van der Waals surface area (Å²) in [6.07, 6.45) is 2.98. The van der Waals surface area contributed by atoms with Gasteiger partial charge in [-0.05, 0) is 24.3 Å². The minimum atomic E-state index is -3.60. The van der Waals surface area contributed by atoms with Crippen LogP contribution in [0, 0.1) is 0 Å². The maximum atomic E-state index is 12.2. The number of furan rings is 1. The molecule has 2 aromatic rings. The zero-order chi connectivity index (χ0) is 14.6.